The van der Waals surface area contributed by atoms with E-state index in [1.807, 2.05) is 0 Å². The molecule has 0 spiro atoms. The lowest BCUT2D eigenvalue weighted by Crippen LogP contribution is -2.64. The van der Waals surface area contributed by atoms with Crippen molar-refractivity contribution >= 4 is 5.97 Å². The van der Waals surface area contributed by atoms with E-state index in [9.17, 15) is 9.90 Å². The highest BCUT2D eigenvalue weighted by atomic mass is 16.5. The van der Waals surface area contributed by atoms with Crippen LogP contribution in [0, 0.1) is 50.2 Å². The van der Waals surface area contributed by atoms with Crippen LogP contribution in [0.3, 0.4) is 0 Å². The Morgan fingerprint density at radius 1 is 0.912 bits per heavy atom. The molecule has 5 aliphatic rings. The Morgan fingerprint density at radius 3 is 2.26 bits per heavy atom. The number of fused-ring (bicyclic) bond motifs is 7. The highest BCUT2D eigenvalue weighted by molar-refractivity contribution is 5.76. The van der Waals surface area contributed by atoms with Crippen molar-refractivity contribution in [2.24, 2.45) is 50.2 Å². The van der Waals surface area contributed by atoms with Gasteiger partial charge in [0.15, 0.2) is 0 Å². The maximum atomic E-state index is 12.8. The van der Waals surface area contributed by atoms with Gasteiger partial charge >= 0.3 is 5.97 Å². The molecule has 4 fully saturated rings. The molecule has 34 heavy (non-hydrogen) atoms. The van der Waals surface area contributed by atoms with Crippen molar-refractivity contribution in [3.8, 4) is 0 Å². The predicted molar refractivity (Wildman–Crippen MR) is 137 cm³/mol. The number of methoxy groups -OCH3 is 1. The number of aliphatic hydroxyl groups excluding tert-OH is 1. The minimum atomic E-state index is -0.358. The van der Waals surface area contributed by atoms with Gasteiger partial charge in [0.25, 0.3) is 0 Å². The van der Waals surface area contributed by atoms with Crippen molar-refractivity contribution in [1.82, 2.24) is 0 Å². The quantitative estimate of drug-likeness (QED) is 0.322. The predicted octanol–water partition coefficient (Wildman–Crippen LogP) is 7.32. The number of aliphatic hydroxyl groups is 1. The summed E-state index contributed by atoms with van der Waals surface area (Å²) in [6, 6.07) is 0. The lowest BCUT2D eigenvalue weighted by molar-refractivity contribution is -0.203. The van der Waals surface area contributed by atoms with Crippen molar-refractivity contribution in [3.05, 3.63) is 11.6 Å². The molecule has 0 unspecified atom stereocenters. The molecule has 192 valence electrons. The topological polar surface area (TPSA) is 46.5 Å². The fraction of sp³-hybridized carbons (Fsp3) is 0.903. The van der Waals surface area contributed by atoms with E-state index in [4.69, 9.17) is 4.74 Å². The van der Waals surface area contributed by atoms with Crippen LogP contribution in [0.5, 0.6) is 0 Å². The maximum absolute atomic E-state index is 12.8. The fourth-order valence-electron chi connectivity index (χ4n) is 10.8. The Labute approximate surface area is 208 Å². The van der Waals surface area contributed by atoms with Crippen molar-refractivity contribution in [2.75, 3.05) is 7.11 Å². The summed E-state index contributed by atoms with van der Waals surface area (Å²) in [5, 5.41) is 10.9. The van der Waals surface area contributed by atoms with Gasteiger partial charge < -0.3 is 9.84 Å². The van der Waals surface area contributed by atoms with Gasteiger partial charge in [0.2, 0.25) is 0 Å². The zero-order chi connectivity index (χ0) is 24.9. The molecule has 0 radical (unpaired) electrons. The molecule has 3 heteroatoms. The fourth-order valence-corrected chi connectivity index (χ4v) is 10.8. The monoisotopic (exact) mass is 470 g/mol. The van der Waals surface area contributed by atoms with Gasteiger partial charge in [-0.15, -0.1) is 0 Å². The number of allylic oxidation sites excluding steroid dienone is 2. The average molecular weight is 471 g/mol. The van der Waals surface area contributed by atoms with Gasteiger partial charge in [0, 0.05) is 0 Å². The van der Waals surface area contributed by atoms with Gasteiger partial charge in [0.1, 0.15) is 0 Å². The molecule has 4 saturated carbocycles. The van der Waals surface area contributed by atoms with Crippen molar-refractivity contribution in [1.29, 1.82) is 0 Å². The smallest absolute Gasteiger partial charge is 0.311 e. The first kappa shape index (κ1) is 24.8. The molecule has 0 bridgehead atoms. The molecule has 1 N–H and O–H groups in total. The molecular formula is C31H50O3. The molecule has 5 aliphatic carbocycles. The van der Waals surface area contributed by atoms with E-state index in [1.165, 1.54) is 32.1 Å². The van der Waals surface area contributed by atoms with E-state index in [0.717, 1.165) is 32.1 Å². The molecule has 5 rings (SSSR count). The Kier molecular flexibility index (Phi) is 5.38. The molecule has 0 aromatic rings. The largest absolute Gasteiger partial charge is 0.469 e. The third-order valence-corrected chi connectivity index (χ3v) is 13.5. The molecule has 0 aromatic heterocycles. The summed E-state index contributed by atoms with van der Waals surface area (Å²) in [4.78, 5) is 12.8. The molecule has 0 heterocycles. The van der Waals surface area contributed by atoms with Crippen molar-refractivity contribution < 1.29 is 14.6 Å². The molecule has 9 atom stereocenters. The van der Waals surface area contributed by atoms with E-state index in [0.29, 0.717) is 23.2 Å². The zero-order valence-electron chi connectivity index (χ0n) is 23.2. The lowest BCUT2D eigenvalue weighted by Gasteiger charge is -2.71. The molecule has 0 amide bonds. The normalized spacial score (nSPS) is 54.0. The highest BCUT2D eigenvalue weighted by Gasteiger charge is 2.68. The molecule has 3 nitrogen and oxygen atoms in total. The first-order valence-electron chi connectivity index (χ1n) is 14.2. The first-order chi connectivity index (χ1) is 15.7. The second kappa shape index (κ2) is 7.36. The van der Waals surface area contributed by atoms with Crippen molar-refractivity contribution in [2.45, 2.75) is 119 Å². The molecule has 0 aliphatic heterocycles. The van der Waals surface area contributed by atoms with Crippen LogP contribution in [0.2, 0.25) is 0 Å². The Bertz CT molecular complexity index is 904. The summed E-state index contributed by atoms with van der Waals surface area (Å²) in [5.41, 5.74) is 2.39. The summed E-state index contributed by atoms with van der Waals surface area (Å²) in [7, 11) is 1.56. The van der Waals surface area contributed by atoms with Crippen LogP contribution in [0.4, 0.5) is 0 Å². The third-order valence-electron chi connectivity index (χ3n) is 13.5. The van der Waals surface area contributed by atoms with E-state index in [-0.39, 0.29) is 39.1 Å². The first-order valence-corrected chi connectivity index (χ1v) is 14.2. The van der Waals surface area contributed by atoms with Crippen LogP contribution in [-0.4, -0.2) is 24.3 Å². The maximum Gasteiger partial charge on any atom is 0.311 e. The van der Waals surface area contributed by atoms with Crippen LogP contribution in [-0.2, 0) is 9.53 Å². The van der Waals surface area contributed by atoms with E-state index < -0.39 is 0 Å². The van der Waals surface area contributed by atoms with Gasteiger partial charge in [-0.25, -0.2) is 0 Å². The minimum Gasteiger partial charge on any atom is -0.469 e. The van der Waals surface area contributed by atoms with Gasteiger partial charge in [-0.3, -0.25) is 4.79 Å². The Balaban J connectivity index is 1.56. The van der Waals surface area contributed by atoms with Crippen molar-refractivity contribution in [3.63, 3.8) is 0 Å². The van der Waals surface area contributed by atoms with Crippen LogP contribution >= 0.6 is 0 Å². The summed E-state index contributed by atoms with van der Waals surface area (Å²) in [5.74, 6) is 1.72. The van der Waals surface area contributed by atoms with E-state index in [1.54, 1.807) is 12.7 Å². The summed E-state index contributed by atoms with van der Waals surface area (Å²) in [6.45, 7) is 17.1. The Morgan fingerprint density at radius 2 is 1.59 bits per heavy atom. The lowest BCUT2D eigenvalue weighted by atomic mass is 9.33. The number of carbonyl (C=O) groups is 1. The SMILES string of the molecule is COC(=O)[C@@]1(C)CC[C@]2(C)CC[C@@]3(C)C(=CC[C@@H]4[C@]5(C)CC[C@H](O)C(C)(C)[C@H]5CC[C@@]43C)[C@H]2C1. The summed E-state index contributed by atoms with van der Waals surface area (Å²) < 4.78 is 5.29. The molecular weight excluding hydrogens is 420 g/mol. The number of rotatable bonds is 1. The number of ether oxygens (including phenoxy) is 1. The van der Waals surface area contributed by atoms with Gasteiger partial charge in [0.05, 0.1) is 18.6 Å². The second-order valence-electron chi connectivity index (χ2n) is 15.1. The van der Waals surface area contributed by atoms with E-state index in [2.05, 4.69) is 54.5 Å². The second-order valence-corrected chi connectivity index (χ2v) is 15.1. The molecule has 0 aromatic carbocycles. The Hall–Kier alpha value is -0.830. The highest BCUT2D eigenvalue weighted by Crippen LogP contribution is 2.75. The number of esters is 1. The summed E-state index contributed by atoms with van der Waals surface area (Å²) >= 11 is 0. The number of hydrogen-bond acceptors (Lipinski definition) is 3. The van der Waals surface area contributed by atoms with Crippen LogP contribution in [0.15, 0.2) is 11.6 Å². The van der Waals surface area contributed by atoms with Gasteiger partial charge in [-0.2, -0.15) is 0 Å². The standard InChI is InChI=1S/C31H50O3/c1-26(2)22-11-14-31(7)23(29(22,5)13-12-24(26)32)10-9-20-21-19-28(4,25(33)34-8)16-15-27(21,3)17-18-30(20,31)6/h9,21-24,32H,10-19H2,1-8H3/t21-,22-,23-,24+,27-,28+,29-,30+,31+/m1/s1. The van der Waals surface area contributed by atoms with Crippen LogP contribution in [0.25, 0.3) is 0 Å². The third kappa shape index (κ3) is 2.94. The van der Waals surface area contributed by atoms with Crippen LogP contribution < -0.4 is 0 Å². The average Bonchev–Trinajstić information content (AvgIpc) is 2.77. The van der Waals surface area contributed by atoms with Gasteiger partial charge in [-0.05, 0) is 116 Å². The van der Waals surface area contributed by atoms with Crippen LogP contribution in [0.1, 0.15) is 113 Å². The van der Waals surface area contributed by atoms with E-state index >= 15 is 0 Å². The summed E-state index contributed by atoms with van der Waals surface area (Å²) in [6.07, 6.45) is 13.8. The van der Waals surface area contributed by atoms with Gasteiger partial charge in [-0.1, -0.05) is 53.2 Å². The molecule has 0 saturated heterocycles. The zero-order valence-corrected chi connectivity index (χ0v) is 23.2. The number of carbonyl (C=O) groups excluding carboxylic acids is 1. The number of hydrogen-bond donors (Lipinski definition) is 1. The minimum absolute atomic E-state index is 0.00391.